The van der Waals surface area contributed by atoms with Crippen molar-refractivity contribution in [3.63, 3.8) is 0 Å². The Morgan fingerprint density at radius 2 is 2.20 bits per heavy atom. The van der Waals surface area contributed by atoms with Crippen molar-refractivity contribution in [2.75, 3.05) is 6.54 Å². The van der Waals surface area contributed by atoms with Crippen LogP contribution in [-0.2, 0) is 13.5 Å². The normalized spacial score (nSPS) is 12.6. The molecule has 1 heterocycles. The lowest BCUT2D eigenvalue weighted by Gasteiger charge is -2.20. The van der Waals surface area contributed by atoms with Gasteiger partial charge in [0.05, 0.1) is 6.20 Å². The van der Waals surface area contributed by atoms with Gasteiger partial charge in [0.1, 0.15) is 0 Å². The highest BCUT2D eigenvalue weighted by Crippen LogP contribution is 2.26. The minimum atomic E-state index is 0.229. The first-order chi connectivity index (χ1) is 9.60. The monoisotopic (exact) mass is 291 g/mol. The zero-order chi connectivity index (χ0) is 14.5. The number of nitrogens with one attached hydrogen (secondary N) is 1. The van der Waals surface area contributed by atoms with Crippen LogP contribution in [0.2, 0.25) is 5.02 Å². The molecule has 0 aliphatic carbocycles. The Morgan fingerprint density at radius 1 is 1.40 bits per heavy atom. The second-order valence-corrected chi connectivity index (χ2v) is 5.67. The molecule has 1 aromatic carbocycles. The fraction of sp³-hybridized carbons (Fsp3) is 0.438. The highest BCUT2D eigenvalue weighted by molar-refractivity contribution is 6.31. The zero-order valence-corrected chi connectivity index (χ0v) is 13.1. The van der Waals surface area contributed by atoms with Crippen molar-refractivity contribution in [3.05, 3.63) is 52.3 Å². The number of halogens is 1. The molecule has 1 N–H and O–H groups in total. The predicted octanol–water partition coefficient (Wildman–Crippen LogP) is 3.67. The standard InChI is InChI=1S/C16H22ClN3/c1-4-7-18-16(9-13-10-19-20(3)11-13)14-6-5-12(2)8-15(14)17/h5-6,8,10-11,16,18H,4,7,9H2,1-3H3. The van der Waals surface area contributed by atoms with Gasteiger partial charge < -0.3 is 5.32 Å². The van der Waals surface area contributed by atoms with Crippen LogP contribution in [-0.4, -0.2) is 16.3 Å². The van der Waals surface area contributed by atoms with E-state index in [2.05, 4.69) is 42.6 Å². The summed E-state index contributed by atoms with van der Waals surface area (Å²) in [5.74, 6) is 0. The Hall–Kier alpha value is -1.32. The summed E-state index contributed by atoms with van der Waals surface area (Å²) in [4.78, 5) is 0. The van der Waals surface area contributed by atoms with Crippen LogP contribution < -0.4 is 5.32 Å². The van der Waals surface area contributed by atoms with E-state index in [1.54, 1.807) is 0 Å². The third-order valence-electron chi connectivity index (χ3n) is 3.37. The molecule has 2 rings (SSSR count). The molecule has 3 nitrogen and oxygen atoms in total. The quantitative estimate of drug-likeness (QED) is 0.880. The average molecular weight is 292 g/mol. The van der Waals surface area contributed by atoms with E-state index in [1.807, 2.05) is 24.0 Å². The van der Waals surface area contributed by atoms with Gasteiger partial charge in [0.25, 0.3) is 0 Å². The van der Waals surface area contributed by atoms with Gasteiger partial charge in [-0.2, -0.15) is 5.10 Å². The molecule has 0 fully saturated rings. The van der Waals surface area contributed by atoms with Crippen molar-refractivity contribution in [1.29, 1.82) is 0 Å². The van der Waals surface area contributed by atoms with E-state index in [1.165, 1.54) is 11.1 Å². The summed E-state index contributed by atoms with van der Waals surface area (Å²) in [6.07, 6.45) is 5.98. The summed E-state index contributed by atoms with van der Waals surface area (Å²) in [6.45, 7) is 5.21. The van der Waals surface area contributed by atoms with Gasteiger partial charge in [-0.05, 0) is 49.1 Å². The second-order valence-electron chi connectivity index (χ2n) is 5.26. The lowest BCUT2D eigenvalue weighted by atomic mass is 9.99. The number of hydrogen-bond acceptors (Lipinski definition) is 2. The summed E-state index contributed by atoms with van der Waals surface area (Å²) in [5, 5.41) is 8.65. The molecule has 0 aliphatic rings. The number of aromatic nitrogens is 2. The first-order valence-electron chi connectivity index (χ1n) is 7.07. The van der Waals surface area contributed by atoms with Gasteiger partial charge in [-0.15, -0.1) is 0 Å². The minimum absolute atomic E-state index is 0.229. The fourth-order valence-electron chi connectivity index (χ4n) is 2.34. The zero-order valence-electron chi connectivity index (χ0n) is 12.4. The van der Waals surface area contributed by atoms with E-state index in [0.29, 0.717) is 0 Å². The molecular weight excluding hydrogens is 270 g/mol. The van der Waals surface area contributed by atoms with Gasteiger partial charge in [-0.3, -0.25) is 4.68 Å². The van der Waals surface area contributed by atoms with E-state index in [4.69, 9.17) is 11.6 Å². The van der Waals surface area contributed by atoms with Gasteiger partial charge in [0, 0.05) is 24.3 Å². The Bertz CT molecular complexity index is 563. The maximum atomic E-state index is 6.41. The van der Waals surface area contributed by atoms with Crippen LogP contribution in [0.15, 0.2) is 30.6 Å². The van der Waals surface area contributed by atoms with Crippen LogP contribution >= 0.6 is 11.6 Å². The molecule has 108 valence electrons. The van der Waals surface area contributed by atoms with E-state index in [9.17, 15) is 0 Å². The molecule has 0 spiro atoms. The van der Waals surface area contributed by atoms with Crippen molar-refractivity contribution in [2.45, 2.75) is 32.7 Å². The highest BCUT2D eigenvalue weighted by atomic mass is 35.5. The van der Waals surface area contributed by atoms with E-state index in [0.717, 1.165) is 30.0 Å². The molecule has 0 amide bonds. The molecule has 20 heavy (non-hydrogen) atoms. The Kier molecular flexibility index (Phi) is 5.21. The summed E-state index contributed by atoms with van der Waals surface area (Å²) < 4.78 is 1.84. The SMILES string of the molecule is CCCNC(Cc1cnn(C)c1)c1ccc(C)cc1Cl. The summed E-state index contributed by atoms with van der Waals surface area (Å²) in [5.41, 5.74) is 3.57. The van der Waals surface area contributed by atoms with Gasteiger partial charge in [-0.25, -0.2) is 0 Å². The third-order valence-corrected chi connectivity index (χ3v) is 3.70. The molecule has 1 unspecified atom stereocenters. The van der Waals surface area contributed by atoms with Gasteiger partial charge >= 0.3 is 0 Å². The number of benzene rings is 1. The maximum absolute atomic E-state index is 6.41. The van der Waals surface area contributed by atoms with Crippen molar-refractivity contribution >= 4 is 11.6 Å². The lowest BCUT2D eigenvalue weighted by Crippen LogP contribution is -2.24. The van der Waals surface area contributed by atoms with Crippen LogP contribution in [0.5, 0.6) is 0 Å². The van der Waals surface area contributed by atoms with Crippen molar-refractivity contribution < 1.29 is 0 Å². The van der Waals surface area contributed by atoms with Crippen LogP contribution in [0.25, 0.3) is 0 Å². The van der Waals surface area contributed by atoms with Gasteiger partial charge in [0.15, 0.2) is 0 Å². The first-order valence-corrected chi connectivity index (χ1v) is 7.45. The minimum Gasteiger partial charge on any atom is -0.310 e. The molecule has 0 bridgehead atoms. The van der Waals surface area contributed by atoms with E-state index < -0.39 is 0 Å². The number of nitrogens with zero attached hydrogens (tertiary/aromatic N) is 2. The predicted molar refractivity (Wildman–Crippen MR) is 84.1 cm³/mol. The maximum Gasteiger partial charge on any atom is 0.0522 e. The first kappa shape index (κ1) is 15.1. The molecule has 0 aliphatic heterocycles. The molecule has 4 heteroatoms. The molecule has 2 aromatic rings. The van der Waals surface area contributed by atoms with Crippen LogP contribution in [0.3, 0.4) is 0 Å². The largest absolute Gasteiger partial charge is 0.310 e. The number of rotatable bonds is 6. The highest BCUT2D eigenvalue weighted by Gasteiger charge is 2.15. The van der Waals surface area contributed by atoms with Crippen LogP contribution in [0, 0.1) is 6.92 Å². The third kappa shape index (κ3) is 3.84. The topological polar surface area (TPSA) is 29.9 Å². The molecule has 0 radical (unpaired) electrons. The molecular formula is C16H22ClN3. The molecule has 1 atom stereocenters. The summed E-state index contributed by atoms with van der Waals surface area (Å²) >= 11 is 6.41. The molecule has 1 aromatic heterocycles. The Morgan fingerprint density at radius 3 is 2.80 bits per heavy atom. The second kappa shape index (κ2) is 6.91. The van der Waals surface area contributed by atoms with Crippen molar-refractivity contribution in [1.82, 2.24) is 15.1 Å². The Labute approximate surface area is 126 Å². The van der Waals surface area contributed by atoms with Crippen LogP contribution in [0.4, 0.5) is 0 Å². The summed E-state index contributed by atoms with van der Waals surface area (Å²) in [6, 6.07) is 6.50. The average Bonchev–Trinajstić information content (AvgIpc) is 2.80. The van der Waals surface area contributed by atoms with Crippen molar-refractivity contribution in [3.8, 4) is 0 Å². The summed E-state index contributed by atoms with van der Waals surface area (Å²) in [7, 11) is 1.94. The lowest BCUT2D eigenvalue weighted by molar-refractivity contribution is 0.529. The number of aryl methyl sites for hydroxylation is 2. The van der Waals surface area contributed by atoms with E-state index >= 15 is 0 Å². The van der Waals surface area contributed by atoms with Crippen LogP contribution in [0.1, 0.15) is 36.1 Å². The smallest absolute Gasteiger partial charge is 0.0522 e. The van der Waals surface area contributed by atoms with Gasteiger partial charge in [-0.1, -0.05) is 30.7 Å². The van der Waals surface area contributed by atoms with Crippen molar-refractivity contribution in [2.24, 2.45) is 7.05 Å². The molecule has 0 saturated carbocycles. The Balaban J connectivity index is 2.22. The molecule has 0 saturated heterocycles. The van der Waals surface area contributed by atoms with E-state index in [-0.39, 0.29) is 6.04 Å². The number of hydrogen-bond donors (Lipinski definition) is 1. The van der Waals surface area contributed by atoms with Gasteiger partial charge in [0.2, 0.25) is 0 Å². The fourth-order valence-corrected chi connectivity index (χ4v) is 2.71.